The number of sulfonamides is 1. The number of hydrogen-bond acceptors (Lipinski definition) is 3. The van der Waals surface area contributed by atoms with E-state index in [-0.39, 0.29) is 4.90 Å². The third-order valence-electron chi connectivity index (χ3n) is 1.19. The summed E-state index contributed by atoms with van der Waals surface area (Å²) in [4.78, 5) is 2.51. The van der Waals surface area contributed by atoms with Gasteiger partial charge in [0, 0.05) is 0 Å². The molecule has 12 heavy (non-hydrogen) atoms. The molecule has 1 rings (SSSR count). The molecule has 0 amide bonds. The van der Waals surface area contributed by atoms with E-state index in [1.807, 2.05) is 0 Å². The van der Waals surface area contributed by atoms with Crippen molar-refractivity contribution in [1.29, 1.82) is 5.53 Å². The predicted octanol–water partition coefficient (Wildman–Crippen LogP) is 0.926. The molecule has 0 fully saturated rings. The first kappa shape index (κ1) is 8.58. The van der Waals surface area contributed by atoms with Gasteiger partial charge in [-0.2, -0.15) is 8.42 Å². The normalized spacial score (nSPS) is 10.3. The first-order chi connectivity index (χ1) is 5.67. The number of nitrogens with one attached hydrogen (secondary N) is 1. The van der Waals surface area contributed by atoms with Gasteiger partial charge in [0.15, 0.2) is 0 Å². The first-order valence-corrected chi connectivity index (χ1v) is 4.49. The SMILES string of the molecule is N=[N+]=NS(=O)(=O)c1ccccc1. The van der Waals surface area contributed by atoms with Crippen LogP contribution in [0.5, 0.6) is 0 Å². The second kappa shape index (κ2) is 3.25. The van der Waals surface area contributed by atoms with E-state index in [9.17, 15) is 8.42 Å². The lowest BCUT2D eigenvalue weighted by Gasteiger charge is -1.88. The van der Waals surface area contributed by atoms with Crippen molar-refractivity contribution in [2.24, 2.45) is 4.52 Å². The second-order valence-corrected chi connectivity index (χ2v) is 3.55. The summed E-state index contributed by atoms with van der Waals surface area (Å²) in [6.45, 7) is 0. The van der Waals surface area contributed by atoms with Crippen molar-refractivity contribution in [1.82, 2.24) is 4.91 Å². The lowest BCUT2D eigenvalue weighted by Crippen LogP contribution is -1.95. The quantitative estimate of drug-likeness (QED) is 0.547. The first-order valence-electron chi connectivity index (χ1n) is 3.05. The summed E-state index contributed by atoms with van der Waals surface area (Å²) in [5.74, 6) is 0. The fourth-order valence-electron chi connectivity index (χ4n) is 0.693. The monoisotopic (exact) mass is 184 g/mol. The highest BCUT2D eigenvalue weighted by molar-refractivity contribution is 7.90. The molecule has 1 aromatic rings. The van der Waals surface area contributed by atoms with Gasteiger partial charge in [-0.25, -0.2) is 0 Å². The Bertz CT molecular complexity index is 406. The second-order valence-electron chi connectivity index (χ2n) is 1.97. The molecular weight excluding hydrogens is 178 g/mol. The Labute approximate surface area is 69.3 Å². The summed E-state index contributed by atoms with van der Waals surface area (Å²) in [5, 5.41) is 0. The van der Waals surface area contributed by atoms with Crippen LogP contribution in [0.25, 0.3) is 0 Å². The Kier molecular flexibility index (Phi) is 2.32. The maximum Gasteiger partial charge on any atom is 0.355 e. The lowest BCUT2D eigenvalue weighted by atomic mass is 10.4. The van der Waals surface area contributed by atoms with Crippen LogP contribution in [0, 0.1) is 5.53 Å². The standard InChI is InChI=1S/C6H6N3O2S/c7-8-9-12(10,11)6-4-2-1-3-5-6/h1-5,7H/q+1. The molecule has 1 N–H and O–H groups in total. The Morgan fingerprint density at radius 2 is 1.83 bits per heavy atom. The Balaban J connectivity index is 3.25. The Hall–Kier alpha value is -1.52. The highest BCUT2D eigenvalue weighted by Crippen LogP contribution is 2.09. The molecule has 0 saturated heterocycles. The van der Waals surface area contributed by atoms with Crippen LogP contribution in [0.2, 0.25) is 0 Å². The van der Waals surface area contributed by atoms with Gasteiger partial charge in [-0.3, -0.25) is 0 Å². The van der Waals surface area contributed by atoms with Gasteiger partial charge in [-0.15, -0.1) is 0 Å². The minimum Gasteiger partial charge on any atom is -0.193 e. The third-order valence-corrected chi connectivity index (χ3v) is 2.35. The van der Waals surface area contributed by atoms with Crippen molar-refractivity contribution >= 4 is 10.0 Å². The minimum absolute atomic E-state index is 0.0426. The number of nitrogens with zero attached hydrogens (tertiary/aromatic N) is 2. The molecule has 0 atom stereocenters. The van der Waals surface area contributed by atoms with Gasteiger partial charge in [0.2, 0.25) is 4.91 Å². The molecule has 62 valence electrons. The van der Waals surface area contributed by atoms with Gasteiger partial charge in [-0.1, -0.05) is 18.2 Å². The number of rotatable bonds is 2. The zero-order chi connectivity index (χ0) is 9.03. The minimum atomic E-state index is -3.74. The van der Waals surface area contributed by atoms with E-state index in [1.165, 1.54) is 12.1 Å². The summed E-state index contributed by atoms with van der Waals surface area (Å²) in [6, 6.07) is 7.63. The van der Waals surface area contributed by atoms with Crippen molar-refractivity contribution in [2.75, 3.05) is 0 Å². The van der Waals surface area contributed by atoms with Crippen LogP contribution in [0.4, 0.5) is 0 Å². The molecule has 1 aromatic carbocycles. The zero-order valence-electron chi connectivity index (χ0n) is 6.01. The number of benzene rings is 1. The van der Waals surface area contributed by atoms with Crippen molar-refractivity contribution in [3.63, 3.8) is 0 Å². The molecule has 0 bridgehead atoms. The fraction of sp³-hybridized carbons (Fsp3) is 0. The summed E-state index contributed by atoms with van der Waals surface area (Å²) < 4.78 is 24.9. The largest absolute Gasteiger partial charge is 0.355 e. The van der Waals surface area contributed by atoms with Gasteiger partial charge in [0.05, 0.1) is 4.90 Å². The van der Waals surface area contributed by atoms with E-state index in [0.29, 0.717) is 0 Å². The van der Waals surface area contributed by atoms with Gasteiger partial charge in [0.1, 0.15) is 5.53 Å². The topological polar surface area (TPSA) is 84.4 Å². The maximum atomic E-state index is 11.1. The molecule has 0 radical (unpaired) electrons. The van der Waals surface area contributed by atoms with Crippen LogP contribution in [0.3, 0.4) is 0 Å². The highest BCUT2D eigenvalue weighted by atomic mass is 32.2. The molecular formula is C6H6N3O2S+. The molecule has 0 spiro atoms. The molecule has 0 aromatic heterocycles. The van der Waals surface area contributed by atoms with Crippen LogP contribution in [0.15, 0.2) is 39.7 Å². The van der Waals surface area contributed by atoms with Crippen molar-refractivity contribution < 1.29 is 8.42 Å². The average Bonchev–Trinajstić information content (AvgIpc) is 2.06. The van der Waals surface area contributed by atoms with Crippen LogP contribution >= 0.6 is 0 Å². The van der Waals surface area contributed by atoms with E-state index in [1.54, 1.807) is 18.2 Å². The average molecular weight is 184 g/mol. The summed E-state index contributed by atoms with van der Waals surface area (Å²) in [6.07, 6.45) is 0. The van der Waals surface area contributed by atoms with E-state index in [4.69, 9.17) is 5.53 Å². The van der Waals surface area contributed by atoms with Gasteiger partial charge >= 0.3 is 10.0 Å². The van der Waals surface area contributed by atoms with Crippen molar-refractivity contribution in [3.05, 3.63) is 30.3 Å². The smallest absolute Gasteiger partial charge is 0.193 e. The molecule has 0 unspecified atom stereocenters. The molecule has 5 nitrogen and oxygen atoms in total. The van der Waals surface area contributed by atoms with Crippen LogP contribution < -0.4 is 4.91 Å². The van der Waals surface area contributed by atoms with Crippen LogP contribution in [0.1, 0.15) is 0 Å². The fourth-order valence-corrected chi connectivity index (χ4v) is 1.40. The van der Waals surface area contributed by atoms with E-state index < -0.39 is 10.0 Å². The molecule has 0 saturated carbocycles. The van der Waals surface area contributed by atoms with Crippen LogP contribution in [-0.2, 0) is 10.0 Å². The van der Waals surface area contributed by atoms with Crippen LogP contribution in [-0.4, -0.2) is 8.42 Å². The van der Waals surface area contributed by atoms with E-state index >= 15 is 0 Å². The lowest BCUT2D eigenvalue weighted by molar-refractivity contribution is 0.594. The zero-order valence-corrected chi connectivity index (χ0v) is 6.82. The molecule has 0 heterocycles. The van der Waals surface area contributed by atoms with E-state index in [2.05, 4.69) is 9.43 Å². The molecule has 0 aliphatic rings. The third kappa shape index (κ3) is 1.75. The predicted molar refractivity (Wildman–Crippen MR) is 40.9 cm³/mol. The van der Waals surface area contributed by atoms with Crippen molar-refractivity contribution in [2.45, 2.75) is 4.90 Å². The van der Waals surface area contributed by atoms with Gasteiger partial charge in [0.25, 0.3) is 4.52 Å². The summed E-state index contributed by atoms with van der Waals surface area (Å²) in [7, 11) is -3.74. The Morgan fingerprint density at radius 3 is 2.33 bits per heavy atom. The highest BCUT2D eigenvalue weighted by Gasteiger charge is 2.17. The van der Waals surface area contributed by atoms with Gasteiger partial charge in [-0.05, 0) is 12.1 Å². The van der Waals surface area contributed by atoms with Gasteiger partial charge < -0.3 is 0 Å². The molecule has 0 aliphatic carbocycles. The molecule has 6 heteroatoms. The summed E-state index contributed by atoms with van der Waals surface area (Å²) >= 11 is 0. The Morgan fingerprint density at radius 1 is 1.25 bits per heavy atom. The summed E-state index contributed by atoms with van der Waals surface area (Å²) in [5.41, 5.74) is 6.29. The number of hydrogen-bond donors (Lipinski definition) is 1. The van der Waals surface area contributed by atoms with E-state index in [0.717, 1.165) is 0 Å². The van der Waals surface area contributed by atoms with Crippen molar-refractivity contribution in [3.8, 4) is 0 Å². The molecule has 0 aliphatic heterocycles. The maximum absolute atomic E-state index is 11.1.